The molecule has 0 radical (unpaired) electrons. The molecule has 1 aliphatic carbocycles. The van der Waals surface area contributed by atoms with E-state index in [4.69, 9.17) is 0 Å². The van der Waals surface area contributed by atoms with E-state index in [-0.39, 0.29) is 11.6 Å². The zero-order valence-corrected chi connectivity index (χ0v) is 11.5. The predicted molar refractivity (Wildman–Crippen MR) is 74.9 cm³/mol. The summed E-state index contributed by atoms with van der Waals surface area (Å²) in [6.07, 6.45) is 1.35. The van der Waals surface area contributed by atoms with Gasteiger partial charge in [0.05, 0.1) is 16.9 Å². The van der Waals surface area contributed by atoms with Gasteiger partial charge >= 0.3 is 0 Å². The lowest BCUT2D eigenvalue weighted by molar-refractivity contribution is 0.0953. The Hall–Kier alpha value is -2.17. The number of carbonyl (C=O) groups is 1. The Morgan fingerprint density at radius 2 is 2.00 bits per heavy atom. The normalized spacial score (nSPS) is 17.9. The third-order valence-electron chi connectivity index (χ3n) is 3.64. The molecule has 0 saturated carbocycles. The fraction of sp³-hybridized carbons (Fsp3) is 0.333. The molecule has 0 fully saturated rings. The van der Waals surface area contributed by atoms with Crippen LogP contribution in [-0.4, -0.2) is 22.6 Å². The molecular weight excluding hydrogens is 257 g/mol. The van der Waals surface area contributed by atoms with Crippen molar-refractivity contribution in [2.45, 2.75) is 19.8 Å². The van der Waals surface area contributed by atoms with Crippen molar-refractivity contribution in [3.05, 3.63) is 41.3 Å². The van der Waals surface area contributed by atoms with Crippen LogP contribution in [0.1, 0.15) is 29.4 Å². The second-order valence-electron chi connectivity index (χ2n) is 5.25. The van der Waals surface area contributed by atoms with Crippen molar-refractivity contribution in [3.63, 3.8) is 0 Å². The van der Waals surface area contributed by atoms with Gasteiger partial charge in [-0.2, -0.15) is 0 Å². The second kappa shape index (κ2) is 4.74. The number of Topliss-reactive ketones (excluding diaryl/α,β-unsaturated/α-hetero) is 1. The molecule has 4 nitrogen and oxygen atoms in total. The summed E-state index contributed by atoms with van der Waals surface area (Å²) in [4.78, 5) is 12.2. The Labute approximate surface area is 116 Å². The van der Waals surface area contributed by atoms with Crippen molar-refractivity contribution in [1.29, 1.82) is 0 Å². The van der Waals surface area contributed by atoms with Gasteiger partial charge in [-0.15, -0.1) is 5.10 Å². The fourth-order valence-electron chi connectivity index (χ4n) is 2.73. The van der Waals surface area contributed by atoms with Gasteiger partial charge in [0.15, 0.2) is 11.6 Å². The van der Waals surface area contributed by atoms with E-state index in [1.807, 2.05) is 0 Å². The van der Waals surface area contributed by atoms with Gasteiger partial charge in [0.2, 0.25) is 0 Å². The monoisotopic (exact) mass is 273 g/mol. The number of nitrogens with one attached hydrogen (secondary N) is 1. The molecule has 1 aromatic heterocycles. The van der Waals surface area contributed by atoms with E-state index in [1.165, 1.54) is 12.1 Å². The third kappa shape index (κ3) is 1.99. The van der Waals surface area contributed by atoms with Crippen LogP contribution in [0.5, 0.6) is 0 Å². The molecule has 20 heavy (non-hydrogen) atoms. The molecule has 0 spiro atoms. The number of halogens is 1. The van der Waals surface area contributed by atoms with Crippen LogP contribution in [0.4, 0.5) is 10.2 Å². The average molecular weight is 273 g/mol. The highest BCUT2D eigenvalue weighted by Crippen LogP contribution is 2.32. The molecule has 3 rings (SSSR count). The molecule has 2 aromatic rings. The predicted octanol–water partition coefficient (Wildman–Crippen LogP) is 2.82. The molecule has 0 amide bonds. The van der Waals surface area contributed by atoms with Crippen LogP contribution >= 0.6 is 0 Å². The Morgan fingerprint density at radius 3 is 2.65 bits per heavy atom. The number of aromatic nitrogens is 2. The van der Waals surface area contributed by atoms with Crippen molar-refractivity contribution in [1.82, 2.24) is 9.78 Å². The van der Waals surface area contributed by atoms with E-state index in [0.717, 1.165) is 17.8 Å². The first-order chi connectivity index (χ1) is 9.60. The quantitative estimate of drug-likeness (QED) is 0.915. The van der Waals surface area contributed by atoms with Crippen molar-refractivity contribution < 1.29 is 9.18 Å². The maximum atomic E-state index is 13.0. The SMILES string of the molecule is CNc1nn(-c2ccc(F)cc2)c2c1C(=O)CC(C)C2. The molecular formula is C15H16FN3O. The number of ketones is 1. The van der Waals surface area contributed by atoms with Crippen LogP contribution in [0.25, 0.3) is 5.69 Å². The number of carbonyl (C=O) groups excluding carboxylic acids is 1. The largest absolute Gasteiger partial charge is 0.371 e. The highest BCUT2D eigenvalue weighted by molar-refractivity contribution is 6.02. The minimum atomic E-state index is -0.284. The average Bonchev–Trinajstić information content (AvgIpc) is 2.78. The number of hydrogen-bond acceptors (Lipinski definition) is 3. The number of nitrogens with zero attached hydrogens (tertiary/aromatic N) is 2. The highest BCUT2D eigenvalue weighted by atomic mass is 19.1. The minimum absolute atomic E-state index is 0.122. The van der Waals surface area contributed by atoms with Crippen molar-refractivity contribution >= 4 is 11.6 Å². The van der Waals surface area contributed by atoms with Gasteiger partial charge < -0.3 is 5.32 Å². The van der Waals surface area contributed by atoms with Crippen LogP contribution in [-0.2, 0) is 6.42 Å². The van der Waals surface area contributed by atoms with Gasteiger partial charge in [0.1, 0.15) is 5.82 Å². The minimum Gasteiger partial charge on any atom is -0.371 e. The van der Waals surface area contributed by atoms with Gasteiger partial charge in [0, 0.05) is 13.5 Å². The molecule has 104 valence electrons. The third-order valence-corrected chi connectivity index (χ3v) is 3.64. The summed E-state index contributed by atoms with van der Waals surface area (Å²) in [6, 6.07) is 6.14. The van der Waals surface area contributed by atoms with Crippen LogP contribution in [0.2, 0.25) is 0 Å². The smallest absolute Gasteiger partial charge is 0.168 e. The number of rotatable bonds is 2. The van der Waals surface area contributed by atoms with Gasteiger partial charge in [-0.25, -0.2) is 9.07 Å². The number of anilines is 1. The van der Waals surface area contributed by atoms with Crippen molar-refractivity contribution in [2.75, 3.05) is 12.4 Å². The van der Waals surface area contributed by atoms with Crippen molar-refractivity contribution in [3.8, 4) is 5.69 Å². The molecule has 1 N–H and O–H groups in total. The summed E-state index contributed by atoms with van der Waals surface area (Å²) in [5.74, 6) is 0.737. The Morgan fingerprint density at radius 1 is 1.30 bits per heavy atom. The van der Waals surface area contributed by atoms with E-state index in [0.29, 0.717) is 23.7 Å². The Kier molecular flexibility index (Phi) is 3.04. The molecule has 1 aromatic carbocycles. The second-order valence-corrected chi connectivity index (χ2v) is 5.25. The first kappa shape index (κ1) is 12.8. The van der Waals surface area contributed by atoms with Crippen LogP contribution < -0.4 is 5.32 Å². The van der Waals surface area contributed by atoms with E-state index in [9.17, 15) is 9.18 Å². The van der Waals surface area contributed by atoms with Gasteiger partial charge in [-0.05, 0) is 36.6 Å². The molecule has 5 heteroatoms. The number of hydrogen-bond donors (Lipinski definition) is 1. The Balaban J connectivity index is 2.17. The van der Waals surface area contributed by atoms with E-state index < -0.39 is 0 Å². The van der Waals surface area contributed by atoms with Gasteiger partial charge in [-0.1, -0.05) is 6.92 Å². The summed E-state index contributed by atoms with van der Waals surface area (Å²) in [7, 11) is 1.75. The molecule has 1 unspecified atom stereocenters. The molecule has 0 bridgehead atoms. The first-order valence-electron chi connectivity index (χ1n) is 6.69. The molecule has 1 aliphatic rings. The van der Waals surface area contributed by atoms with E-state index in [1.54, 1.807) is 23.9 Å². The van der Waals surface area contributed by atoms with Gasteiger partial charge in [-0.3, -0.25) is 4.79 Å². The molecule has 1 atom stereocenters. The summed E-state index contributed by atoms with van der Waals surface area (Å²) in [5.41, 5.74) is 2.35. The lowest BCUT2D eigenvalue weighted by Gasteiger charge is -2.19. The molecule has 0 saturated heterocycles. The van der Waals surface area contributed by atoms with Crippen molar-refractivity contribution in [2.24, 2.45) is 5.92 Å². The summed E-state index contributed by atoms with van der Waals surface area (Å²) in [6.45, 7) is 2.06. The molecule has 0 aliphatic heterocycles. The van der Waals surface area contributed by atoms with Crippen LogP contribution in [0, 0.1) is 11.7 Å². The summed E-state index contributed by atoms with van der Waals surface area (Å²) in [5, 5.41) is 7.43. The molecule has 1 heterocycles. The number of benzene rings is 1. The highest BCUT2D eigenvalue weighted by Gasteiger charge is 2.30. The van der Waals surface area contributed by atoms with E-state index >= 15 is 0 Å². The maximum Gasteiger partial charge on any atom is 0.168 e. The summed E-state index contributed by atoms with van der Waals surface area (Å²) < 4.78 is 14.8. The zero-order chi connectivity index (χ0) is 14.3. The zero-order valence-electron chi connectivity index (χ0n) is 11.5. The fourth-order valence-corrected chi connectivity index (χ4v) is 2.73. The lowest BCUT2D eigenvalue weighted by atomic mass is 9.88. The van der Waals surface area contributed by atoms with E-state index in [2.05, 4.69) is 17.3 Å². The van der Waals surface area contributed by atoms with Crippen LogP contribution in [0.15, 0.2) is 24.3 Å². The van der Waals surface area contributed by atoms with Crippen LogP contribution in [0.3, 0.4) is 0 Å². The topological polar surface area (TPSA) is 46.9 Å². The van der Waals surface area contributed by atoms with Gasteiger partial charge in [0.25, 0.3) is 0 Å². The summed E-state index contributed by atoms with van der Waals surface area (Å²) >= 11 is 0. The first-order valence-corrected chi connectivity index (χ1v) is 6.69. The standard InChI is InChI=1S/C15H16FN3O/c1-9-7-12-14(13(20)8-9)15(17-2)18-19(12)11-5-3-10(16)4-6-11/h3-6,9H,7-8H2,1-2H3,(H,17,18). The maximum absolute atomic E-state index is 13.0. The number of fused-ring (bicyclic) bond motifs is 1. The lowest BCUT2D eigenvalue weighted by Crippen LogP contribution is -2.19. The Bertz CT molecular complexity index is 661.